The van der Waals surface area contributed by atoms with Gasteiger partial charge in [0, 0.05) is 5.56 Å². The minimum Gasteiger partial charge on any atom is -0.465 e. The highest BCUT2D eigenvalue weighted by molar-refractivity contribution is 5.94. The van der Waals surface area contributed by atoms with Crippen molar-refractivity contribution in [3.05, 3.63) is 40.8 Å². The molecule has 1 N–H and O–H groups in total. The molecule has 0 atom stereocenters. The van der Waals surface area contributed by atoms with Crippen molar-refractivity contribution < 1.29 is 14.3 Å². The van der Waals surface area contributed by atoms with E-state index in [9.17, 15) is 14.5 Å². The van der Waals surface area contributed by atoms with Crippen LogP contribution >= 0.6 is 0 Å². The third-order valence-corrected chi connectivity index (χ3v) is 2.19. The summed E-state index contributed by atoms with van der Waals surface area (Å²) >= 11 is 0. The van der Waals surface area contributed by atoms with Crippen LogP contribution in [-0.2, 0) is 9.53 Å². The minimum atomic E-state index is -0.573. The molecule has 0 aliphatic heterocycles. The number of amides is 1. The molecule has 0 saturated heterocycles. The molecule has 0 unspecified atom stereocenters. The Labute approximate surface area is 110 Å². The Balaban J connectivity index is 2.43. The molecule has 0 heterocycles. The normalized spacial score (nSPS) is 9.53. The molecule has 102 valence electrons. The summed E-state index contributed by atoms with van der Waals surface area (Å²) in [5.74, 6) is -0.922. The standard InChI is InChI=1S/C12H15N3O4/c1-2-19-11(16)8-15(14-18)9-13-12(17)10-6-4-3-5-7-10/h3-7H,2,8-9H2,1H3,(H,13,17). The van der Waals surface area contributed by atoms with Crippen LogP contribution in [-0.4, -0.2) is 36.7 Å². The van der Waals surface area contributed by atoms with Crippen LogP contribution in [0.25, 0.3) is 0 Å². The van der Waals surface area contributed by atoms with E-state index in [4.69, 9.17) is 0 Å². The largest absolute Gasteiger partial charge is 0.465 e. The van der Waals surface area contributed by atoms with Gasteiger partial charge >= 0.3 is 5.97 Å². The van der Waals surface area contributed by atoms with Gasteiger partial charge in [0.25, 0.3) is 5.91 Å². The topological polar surface area (TPSA) is 88.1 Å². The molecule has 0 bridgehead atoms. The summed E-state index contributed by atoms with van der Waals surface area (Å²) in [4.78, 5) is 33.3. The van der Waals surface area contributed by atoms with Gasteiger partial charge < -0.3 is 10.1 Å². The van der Waals surface area contributed by atoms with Crippen LogP contribution in [0.2, 0.25) is 0 Å². The van der Waals surface area contributed by atoms with E-state index < -0.39 is 5.97 Å². The second-order valence-corrected chi connectivity index (χ2v) is 3.58. The summed E-state index contributed by atoms with van der Waals surface area (Å²) in [5, 5.41) is 6.00. The van der Waals surface area contributed by atoms with Gasteiger partial charge in [-0.1, -0.05) is 18.2 Å². The molecular weight excluding hydrogens is 250 g/mol. The summed E-state index contributed by atoms with van der Waals surface area (Å²) in [5.41, 5.74) is 0.462. The van der Waals surface area contributed by atoms with Crippen molar-refractivity contribution in [2.75, 3.05) is 19.8 Å². The molecular formula is C12H15N3O4. The maximum atomic E-state index is 11.7. The van der Waals surface area contributed by atoms with Crippen molar-refractivity contribution >= 4 is 11.9 Å². The van der Waals surface area contributed by atoms with E-state index in [1.54, 1.807) is 37.3 Å². The Bertz CT molecular complexity index is 436. The summed E-state index contributed by atoms with van der Waals surface area (Å²) in [7, 11) is 0. The first-order chi connectivity index (χ1) is 9.17. The van der Waals surface area contributed by atoms with E-state index in [0.717, 1.165) is 5.01 Å². The molecule has 7 nitrogen and oxygen atoms in total. The Kier molecular flexibility index (Phi) is 6.00. The van der Waals surface area contributed by atoms with Gasteiger partial charge in [0.2, 0.25) is 0 Å². The monoisotopic (exact) mass is 265 g/mol. The van der Waals surface area contributed by atoms with Gasteiger partial charge in [-0.05, 0) is 19.1 Å². The van der Waals surface area contributed by atoms with Crippen molar-refractivity contribution in [2.24, 2.45) is 5.29 Å². The van der Waals surface area contributed by atoms with Crippen LogP contribution in [0.5, 0.6) is 0 Å². The van der Waals surface area contributed by atoms with Gasteiger partial charge in [0.1, 0.15) is 13.2 Å². The molecule has 0 aliphatic carbocycles. The number of carbonyl (C=O) groups excluding carboxylic acids is 2. The lowest BCUT2D eigenvalue weighted by atomic mass is 10.2. The summed E-state index contributed by atoms with van der Waals surface area (Å²) in [6.07, 6.45) is 0. The molecule has 1 aromatic carbocycles. The third kappa shape index (κ3) is 5.15. The molecule has 1 aromatic rings. The minimum absolute atomic E-state index is 0.157. The lowest BCUT2D eigenvalue weighted by Gasteiger charge is -2.14. The number of nitrogens with one attached hydrogen (secondary N) is 1. The number of esters is 1. The second kappa shape index (κ2) is 7.80. The molecule has 7 heteroatoms. The van der Waals surface area contributed by atoms with Gasteiger partial charge in [-0.2, -0.15) is 0 Å². The zero-order chi connectivity index (χ0) is 14.1. The van der Waals surface area contributed by atoms with Gasteiger partial charge in [-0.3, -0.25) is 9.59 Å². The maximum Gasteiger partial charge on any atom is 0.327 e. The summed E-state index contributed by atoms with van der Waals surface area (Å²) in [6, 6.07) is 8.52. The fourth-order valence-corrected chi connectivity index (χ4v) is 1.32. The average Bonchev–Trinajstić information content (AvgIpc) is 2.44. The number of carbonyl (C=O) groups is 2. The van der Waals surface area contributed by atoms with Crippen molar-refractivity contribution in [1.82, 2.24) is 10.3 Å². The first kappa shape index (κ1) is 14.6. The Morgan fingerprint density at radius 1 is 1.32 bits per heavy atom. The number of nitroso groups, excluding NO2 is 1. The number of benzene rings is 1. The quantitative estimate of drug-likeness (QED) is 0.343. The smallest absolute Gasteiger partial charge is 0.327 e. The predicted octanol–water partition coefficient (Wildman–Crippen LogP) is 0.920. The highest BCUT2D eigenvalue weighted by Crippen LogP contribution is 1.98. The molecule has 0 saturated carbocycles. The van der Waals surface area contributed by atoms with Crippen molar-refractivity contribution in [3.63, 3.8) is 0 Å². The molecule has 0 aliphatic rings. The van der Waals surface area contributed by atoms with Crippen LogP contribution in [0.4, 0.5) is 0 Å². The summed E-state index contributed by atoms with van der Waals surface area (Å²) < 4.78 is 4.67. The number of hydrogen-bond acceptors (Lipinski definition) is 5. The zero-order valence-electron chi connectivity index (χ0n) is 10.5. The van der Waals surface area contributed by atoms with Crippen molar-refractivity contribution in [1.29, 1.82) is 0 Å². The number of hydrogen-bond donors (Lipinski definition) is 1. The third-order valence-electron chi connectivity index (χ3n) is 2.19. The Morgan fingerprint density at radius 2 is 2.00 bits per heavy atom. The van der Waals surface area contributed by atoms with E-state index in [1.807, 2.05) is 0 Å². The van der Waals surface area contributed by atoms with Crippen LogP contribution in [0.15, 0.2) is 35.6 Å². The van der Waals surface area contributed by atoms with Gasteiger partial charge in [0.05, 0.1) is 11.9 Å². The second-order valence-electron chi connectivity index (χ2n) is 3.58. The van der Waals surface area contributed by atoms with E-state index in [-0.39, 0.29) is 25.7 Å². The Morgan fingerprint density at radius 3 is 2.58 bits per heavy atom. The molecule has 0 aromatic heterocycles. The van der Waals surface area contributed by atoms with Gasteiger partial charge in [0.15, 0.2) is 0 Å². The fraction of sp³-hybridized carbons (Fsp3) is 0.333. The molecule has 1 rings (SSSR count). The molecule has 1 amide bonds. The van der Waals surface area contributed by atoms with Crippen molar-refractivity contribution in [2.45, 2.75) is 6.92 Å². The molecule has 19 heavy (non-hydrogen) atoms. The van der Waals surface area contributed by atoms with E-state index in [1.165, 1.54) is 0 Å². The lowest BCUT2D eigenvalue weighted by molar-refractivity contribution is -0.144. The van der Waals surface area contributed by atoms with Crippen molar-refractivity contribution in [3.8, 4) is 0 Å². The average molecular weight is 265 g/mol. The Hall–Kier alpha value is -2.44. The highest BCUT2D eigenvalue weighted by atomic mass is 16.5. The first-order valence-electron chi connectivity index (χ1n) is 5.74. The molecule has 0 spiro atoms. The van der Waals surface area contributed by atoms with Crippen LogP contribution in [0.3, 0.4) is 0 Å². The number of rotatable bonds is 7. The van der Waals surface area contributed by atoms with E-state index >= 15 is 0 Å². The predicted molar refractivity (Wildman–Crippen MR) is 67.9 cm³/mol. The number of ether oxygens (including phenoxy) is 1. The van der Waals surface area contributed by atoms with Crippen LogP contribution < -0.4 is 5.32 Å². The lowest BCUT2D eigenvalue weighted by Crippen LogP contribution is -2.37. The fourth-order valence-electron chi connectivity index (χ4n) is 1.32. The van der Waals surface area contributed by atoms with Gasteiger partial charge in [-0.25, -0.2) is 5.01 Å². The number of nitrogens with zero attached hydrogens (tertiary/aromatic N) is 2. The SMILES string of the molecule is CCOC(=O)CN(CNC(=O)c1ccccc1)N=O. The molecule has 0 radical (unpaired) electrons. The maximum absolute atomic E-state index is 11.7. The van der Waals surface area contributed by atoms with Crippen LogP contribution in [0.1, 0.15) is 17.3 Å². The summed E-state index contributed by atoms with van der Waals surface area (Å²) in [6.45, 7) is 1.43. The first-order valence-corrected chi connectivity index (χ1v) is 5.74. The molecule has 0 fully saturated rings. The van der Waals surface area contributed by atoms with E-state index in [0.29, 0.717) is 5.56 Å². The van der Waals surface area contributed by atoms with Crippen LogP contribution in [0, 0.1) is 4.91 Å². The zero-order valence-corrected chi connectivity index (χ0v) is 10.5. The van der Waals surface area contributed by atoms with E-state index in [2.05, 4.69) is 15.3 Å². The van der Waals surface area contributed by atoms with Gasteiger partial charge in [-0.15, -0.1) is 4.91 Å². The highest BCUT2D eigenvalue weighted by Gasteiger charge is 2.12.